The Balaban J connectivity index is 2.40. The summed E-state index contributed by atoms with van der Waals surface area (Å²) in [6.45, 7) is 4.69. The molecule has 1 atom stereocenters. The Kier molecular flexibility index (Phi) is 3.91. The van der Waals surface area contributed by atoms with Gasteiger partial charge in [-0.3, -0.25) is 9.59 Å². The summed E-state index contributed by atoms with van der Waals surface area (Å²) < 4.78 is 0. The van der Waals surface area contributed by atoms with Gasteiger partial charge in [-0.1, -0.05) is 13.8 Å². The first-order valence-electron chi connectivity index (χ1n) is 5.48. The van der Waals surface area contributed by atoms with Crippen molar-refractivity contribution in [1.82, 2.24) is 10.2 Å². The quantitative estimate of drug-likeness (QED) is 0.688. The number of amides is 2. The Morgan fingerprint density at radius 1 is 1.62 bits per heavy atom. The second kappa shape index (κ2) is 4.82. The number of hydrogen-bond acceptors (Lipinski definition) is 3. The Morgan fingerprint density at radius 2 is 2.25 bits per heavy atom. The number of likely N-dealkylation sites (tertiary alicyclic amines) is 1. The Labute approximate surface area is 95.8 Å². The fourth-order valence-corrected chi connectivity index (χ4v) is 1.57. The largest absolute Gasteiger partial charge is 0.396 e. The molecular formula is C11H20N2O3. The number of carbonyl (C=O) groups is 2. The molecule has 0 aliphatic carbocycles. The van der Waals surface area contributed by atoms with Crippen molar-refractivity contribution in [2.45, 2.75) is 20.3 Å². The molecule has 1 heterocycles. The molecule has 0 radical (unpaired) electrons. The molecule has 16 heavy (non-hydrogen) atoms. The molecule has 2 N–H and O–H groups in total. The minimum absolute atomic E-state index is 0.0153. The van der Waals surface area contributed by atoms with Gasteiger partial charge in [0.25, 0.3) is 0 Å². The van der Waals surface area contributed by atoms with Crippen LogP contribution in [0.3, 0.4) is 0 Å². The molecule has 0 bridgehead atoms. The van der Waals surface area contributed by atoms with Crippen molar-refractivity contribution >= 4 is 11.8 Å². The van der Waals surface area contributed by atoms with Crippen LogP contribution >= 0.6 is 0 Å². The van der Waals surface area contributed by atoms with Gasteiger partial charge in [-0.2, -0.15) is 0 Å². The standard InChI is InChI=1S/C11H20N2O3/c1-11(2,7-14)6-12-10(16)8-4-9(15)13(3)5-8/h8,14H,4-7H2,1-3H3,(H,12,16). The van der Waals surface area contributed by atoms with Gasteiger partial charge in [0.15, 0.2) is 0 Å². The van der Waals surface area contributed by atoms with Crippen LogP contribution in [0.25, 0.3) is 0 Å². The van der Waals surface area contributed by atoms with Gasteiger partial charge in [0.05, 0.1) is 5.92 Å². The predicted molar refractivity (Wildman–Crippen MR) is 59.6 cm³/mol. The van der Waals surface area contributed by atoms with E-state index in [1.165, 1.54) is 0 Å². The van der Waals surface area contributed by atoms with Crippen LogP contribution in [-0.2, 0) is 9.59 Å². The molecule has 5 nitrogen and oxygen atoms in total. The highest BCUT2D eigenvalue weighted by Gasteiger charge is 2.32. The molecule has 1 unspecified atom stereocenters. The molecule has 1 rings (SSSR count). The van der Waals surface area contributed by atoms with E-state index in [1.807, 2.05) is 13.8 Å². The van der Waals surface area contributed by atoms with Crippen molar-refractivity contribution in [3.63, 3.8) is 0 Å². The lowest BCUT2D eigenvalue weighted by atomic mass is 9.94. The number of carbonyl (C=O) groups excluding carboxylic acids is 2. The third-order valence-electron chi connectivity index (χ3n) is 2.88. The van der Waals surface area contributed by atoms with Crippen LogP contribution in [0, 0.1) is 11.3 Å². The summed E-state index contributed by atoms with van der Waals surface area (Å²) in [4.78, 5) is 24.6. The van der Waals surface area contributed by atoms with Gasteiger partial charge < -0.3 is 15.3 Å². The third kappa shape index (κ3) is 3.20. The monoisotopic (exact) mass is 228 g/mol. The zero-order valence-electron chi connectivity index (χ0n) is 10.1. The van der Waals surface area contributed by atoms with E-state index < -0.39 is 0 Å². The Bertz CT molecular complexity index is 289. The highest BCUT2D eigenvalue weighted by Crippen LogP contribution is 2.17. The fourth-order valence-electron chi connectivity index (χ4n) is 1.57. The second-order valence-corrected chi connectivity index (χ2v) is 5.22. The van der Waals surface area contributed by atoms with E-state index in [2.05, 4.69) is 5.32 Å². The molecule has 0 spiro atoms. The minimum Gasteiger partial charge on any atom is -0.396 e. The van der Waals surface area contributed by atoms with Gasteiger partial charge in [0.2, 0.25) is 11.8 Å². The molecule has 1 aliphatic rings. The van der Waals surface area contributed by atoms with Crippen molar-refractivity contribution in [3.8, 4) is 0 Å². The summed E-state index contributed by atoms with van der Waals surface area (Å²) in [5.74, 6) is -0.326. The first-order valence-corrected chi connectivity index (χ1v) is 5.48. The summed E-state index contributed by atoms with van der Waals surface area (Å²) in [5, 5.41) is 11.8. The maximum Gasteiger partial charge on any atom is 0.225 e. The number of hydrogen-bond donors (Lipinski definition) is 2. The molecule has 5 heteroatoms. The first kappa shape index (κ1) is 13.0. The molecular weight excluding hydrogens is 208 g/mol. The van der Waals surface area contributed by atoms with Crippen LogP contribution in [0.2, 0.25) is 0 Å². The molecule has 1 saturated heterocycles. The molecule has 0 aromatic carbocycles. The van der Waals surface area contributed by atoms with E-state index in [0.717, 1.165) is 0 Å². The highest BCUT2D eigenvalue weighted by molar-refractivity contribution is 5.89. The zero-order chi connectivity index (χ0) is 12.3. The fraction of sp³-hybridized carbons (Fsp3) is 0.818. The average molecular weight is 228 g/mol. The summed E-state index contributed by atoms with van der Waals surface area (Å²) >= 11 is 0. The molecule has 0 aromatic rings. The number of nitrogens with zero attached hydrogens (tertiary/aromatic N) is 1. The van der Waals surface area contributed by atoms with E-state index >= 15 is 0 Å². The maximum atomic E-state index is 11.7. The average Bonchev–Trinajstić information content (AvgIpc) is 2.56. The Hall–Kier alpha value is -1.10. The Morgan fingerprint density at radius 3 is 2.69 bits per heavy atom. The minimum atomic E-state index is -0.315. The maximum absolute atomic E-state index is 11.7. The normalized spacial score (nSPS) is 21.4. The number of aliphatic hydroxyl groups is 1. The molecule has 0 aromatic heterocycles. The first-order chi connectivity index (χ1) is 7.35. The molecule has 0 saturated carbocycles. The zero-order valence-corrected chi connectivity index (χ0v) is 10.1. The van der Waals surface area contributed by atoms with Gasteiger partial charge >= 0.3 is 0 Å². The van der Waals surface area contributed by atoms with E-state index in [9.17, 15) is 9.59 Å². The van der Waals surface area contributed by atoms with Crippen molar-refractivity contribution in [2.75, 3.05) is 26.7 Å². The predicted octanol–water partition coefficient (Wildman–Crippen LogP) is -0.401. The van der Waals surface area contributed by atoms with Gasteiger partial charge in [-0.15, -0.1) is 0 Å². The van der Waals surface area contributed by atoms with Gasteiger partial charge in [0, 0.05) is 38.6 Å². The van der Waals surface area contributed by atoms with Gasteiger partial charge in [-0.05, 0) is 0 Å². The lowest BCUT2D eigenvalue weighted by molar-refractivity contribution is -0.128. The van der Waals surface area contributed by atoms with Crippen molar-refractivity contribution in [1.29, 1.82) is 0 Å². The van der Waals surface area contributed by atoms with Gasteiger partial charge in [0.1, 0.15) is 0 Å². The van der Waals surface area contributed by atoms with Crippen LogP contribution in [0.4, 0.5) is 0 Å². The van der Waals surface area contributed by atoms with Crippen LogP contribution in [0.5, 0.6) is 0 Å². The number of aliphatic hydroxyl groups excluding tert-OH is 1. The van der Waals surface area contributed by atoms with E-state index in [4.69, 9.17) is 5.11 Å². The second-order valence-electron chi connectivity index (χ2n) is 5.22. The van der Waals surface area contributed by atoms with Crippen molar-refractivity contribution in [3.05, 3.63) is 0 Å². The third-order valence-corrected chi connectivity index (χ3v) is 2.88. The highest BCUT2D eigenvalue weighted by atomic mass is 16.3. The molecule has 1 aliphatic heterocycles. The number of rotatable bonds is 4. The van der Waals surface area contributed by atoms with Crippen LogP contribution in [-0.4, -0.2) is 48.6 Å². The van der Waals surface area contributed by atoms with E-state index in [1.54, 1.807) is 11.9 Å². The summed E-state index contributed by atoms with van der Waals surface area (Å²) in [6, 6.07) is 0. The topological polar surface area (TPSA) is 69.6 Å². The summed E-state index contributed by atoms with van der Waals surface area (Å²) in [6.07, 6.45) is 0.294. The van der Waals surface area contributed by atoms with Crippen molar-refractivity contribution < 1.29 is 14.7 Å². The lowest BCUT2D eigenvalue weighted by Gasteiger charge is -2.22. The van der Waals surface area contributed by atoms with Crippen LogP contribution < -0.4 is 5.32 Å². The molecule has 92 valence electrons. The summed E-state index contributed by atoms with van der Waals surface area (Å²) in [5.41, 5.74) is -0.315. The van der Waals surface area contributed by atoms with Crippen LogP contribution in [0.15, 0.2) is 0 Å². The number of nitrogens with one attached hydrogen (secondary N) is 1. The van der Waals surface area contributed by atoms with Crippen molar-refractivity contribution in [2.24, 2.45) is 11.3 Å². The SMILES string of the molecule is CN1CC(C(=O)NCC(C)(C)CO)CC1=O. The lowest BCUT2D eigenvalue weighted by Crippen LogP contribution is -2.39. The van der Waals surface area contributed by atoms with E-state index in [0.29, 0.717) is 19.5 Å². The van der Waals surface area contributed by atoms with Crippen LogP contribution in [0.1, 0.15) is 20.3 Å². The van der Waals surface area contributed by atoms with Gasteiger partial charge in [-0.25, -0.2) is 0 Å². The molecule has 1 fully saturated rings. The summed E-state index contributed by atoms with van der Waals surface area (Å²) in [7, 11) is 1.70. The van der Waals surface area contributed by atoms with E-state index in [-0.39, 0.29) is 29.8 Å². The smallest absolute Gasteiger partial charge is 0.225 e. The molecule has 2 amide bonds.